The zero-order valence-electron chi connectivity index (χ0n) is 19.0. The van der Waals surface area contributed by atoms with Crippen LogP contribution in [0, 0.1) is 13.8 Å². The van der Waals surface area contributed by atoms with Gasteiger partial charge in [0.05, 0.1) is 6.54 Å². The van der Waals surface area contributed by atoms with Crippen LogP contribution < -0.4 is 0 Å². The molecule has 0 bridgehead atoms. The van der Waals surface area contributed by atoms with E-state index < -0.39 is 6.04 Å². The maximum absolute atomic E-state index is 13.3. The highest BCUT2D eigenvalue weighted by atomic mass is 16.5. The molecule has 2 saturated heterocycles. The van der Waals surface area contributed by atoms with E-state index in [0.29, 0.717) is 50.0 Å². The quantitative estimate of drug-likeness (QED) is 0.589. The van der Waals surface area contributed by atoms with Crippen LogP contribution in [-0.2, 0) is 16.1 Å². The Labute approximate surface area is 192 Å². The molecule has 1 aromatic carbocycles. The molecule has 0 saturated carbocycles. The van der Waals surface area contributed by atoms with Crippen LogP contribution in [0.15, 0.2) is 45.3 Å². The van der Waals surface area contributed by atoms with Crippen molar-refractivity contribution in [2.75, 3.05) is 13.1 Å². The van der Waals surface area contributed by atoms with Crippen LogP contribution in [0.4, 0.5) is 0 Å². The Balaban J connectivity index is 1.20. The van der Waals surface area contributed by atoms with Gasteiger partial charge in [0, 0.05) is 31.0 Å². The highest BCUT2D eigenvalue weighted by Crippen LogP contribution is 2.31. The maximum Gasteiger partial charge on any atom is 0.245 e. The first-order chi connectivity index (χ1) is 16.0. The molecule has 2 aromatic heterocycles. The fourth-order valence-electron chi connectivity index (χ4n) is 4.71. The standard InChI is InChI=1S/C25H28N4O4/c1-16-3-6-18(7-4-16)23-26-24(33-27-23)19-11-13-28(14-12-19)25(31)21-9-10-22(30)29(21)15-20-8-5-17(2)32-20/h3-8,19,21H,9-15H2,1-2H3. The molecule has 3 aromatic rings. The van der Waals surface area contributed by atoms with Gasteiger partial charge in [-0.3, -0.25) is 9.59 Å². The van der Waals surface area contributed by atoms with Crippen molar-refractivity contribution in [3.05, 3.63) is 59.4 Å². The van der Waals surface area contributed by atoms with Crippen LogP contribution in [-0.4, -0.2) is 50.9 Å². The lowest BCUT2D eigenvalue weighted by Gasteiger charge is -2.34. The Kier molecular flexibility index (Phi) is 5.74. The van der Waals surface area contributed by atoms with Crippen molar-refractivity contribution in [3.63, 3.8) is 0 Å². The lowest BCUT2D eigenvalue weighted by Crippen LogP contribution is -2.48. The smallest absolute Gasteiger partial charge is 0.245 e. The zero-order valence-corrected chi connectivity index (χ0v) is 19.0. The molecule has 2 aliphatic heterocycles. The number of hydrogen-bond acceptors (Lipinski definition) is 6. The molecule has 8 heteroatoms. The van der Waals surface area contributed by atoms with Crippen LogP contribution in [0.5, 0.6) is 0 Å². The molecular formula is C25H28N4O4. The fourth-order valence-corrected chi connectivity index (χ4v) is 4.71. The number of aromatic nitrogens is 2. The third kappa shape index (κ3) is 4.42. The summed E-state index contributed by atoms with van der Waals surface area (Å²) in [5.41, 5.74) is 2.11. The van der Waals surface area contributed by atoms with Gasteiger partial charge in [-0.25, -0.2) is 0 Å². The Morgan fingerprint density at radius 2 is 1.82 bits per heavy atom. The van der Waals surface area contributed by atoms with Crippen molar-refractivity contribution in [3.8, 4) is 11.4 Å². The van der Waals surface area contributed by atoms with Crippen LogP contribution in [0.1, 0.15) is 54.6 Å². The molecule has 2 amide bonds. The average molecular weight is 449 g/mol. The van der Waals surface area contributed by atoms with E-state index in [1.54, 1.807) is 4.90 Å². The van der Waals surface area contributed by atoms with Crippen LogP contribution >= 0.6 is 0 Å². The minimum atomic E-state index is -0.420. The van der Waals surface area contributed by atoms with Gasteiger partial charge in [0.15, 0.2) is 0 Å². The number of rotatable bonds is 5. The summed E-state index contributed by atoms with van der Waals surface area (Å²) in [6.45, 7) is 5.48. The largest absolute Gasteiger partial charge is 0.464 e. The van der Waals surface area contributed by atoms with Crippen molar-refractivity contribution >= 4 is 11.8 Å². The molecule has 2 fully saturated rings. The molecule has 172 valence electrons. The molecule has 0 radical (unpaired) electrons. The predicted molar refractivity (Wildman–Crippen MR) is 120 cm³/mol. The number of piperidine rings is 1. The highest BCUT2D eigenvalue weighted by Gasteiger charge is 2.40. The third-order valence-corrected chi connectivity index (χ3v) is 6.64. The van der Waals surface area contributed by atoms with Gasteiger partial charge < -0.3 is 18.7 Å². The lowest BCUT2D eigenvalue weighted by molar-refractivity contribution is -0.142. The lowest BCUT2D eigenvalue weighted by atomic mass is 9.96. The van der Waals surface area contributed by atoms with E-state index in [4.69, 9.17) is 8.94 Å². The van der Waals surface area contributed by atoms with Gasteiger partial charge in [0.2, 0.25) is 23.5 Å². The Hall–Kier alpha value is -3.42. The Bertz CT molecular complexity index is 1140. The first-order valence-electron chi connectivity index (χ1n) is 11.5. The summed E-state index contributed by atoms with van der Waals surface area (Å²) >= 11 is 0. The fraction of sp³-hybridized carbons (Fsp3) is 0.440. The van der Waals surface area contributed by atoms with Gasteiger partial charge in [-0.15, -0.1) is 0 Å². The predicted octanol–water partition coefficient (Wildman–Crippen LogP) is 3.84. The topological polar surface area (TPSA) is 92.7 Å². The minimum Gasteiger partial charge on any atom is -0.464 e. The summed E-state index contributed by atoms with van der Waals surface area (Å²) in [6, 6.07) is 11.4. The average Bonchev–Trinajstić information content (AvgIpc) is 3.56. The minimum absolute atomic E-state index is 0.00628. The first-order valence-corrected chi connectivity index (χ1v) is 11.5. The van der Waals surface area contributed by atoms with Crippen molar-refractivity contribution in [2.24, 2.45) is 0 Å². The summed E-state index contributed by atoms with van der Waals surface area (Å²) < 4.78 is 11.2. The number of likely N-dealkylation sites (tertiary alicyclic amines) is 2. The van der Waals surface area contributed by atoms with E-state index in [-0.39, 0.29) is 17.7 Å². The number of amides is 2. The second kappa shape index (κ2) is 8.84. The normalized spacial score (nSPS) is 19.5. The summed E-state index contributed by atoms with van der Waals surface area (Å²) in [5, 5.41) is 4.15. The summed E-state index contributed by atoms with van der Waals surface area (Å²) in [4.78, 5) is 33.9. The SMILES string of the molecule is Cc1ccc(-c2noc(C3CCN(C(=O)C4CCC(=O)N4Cc4ccc(C)o4)CC3)n2)cc1. The van der Waals surface area contributed by atoms with E-state index in [2.05, 4.69) is 10.1 Å². The molecule has 0 spiro atoms. The van der Waals surface area contributed by atoms with Gasteiger partial charge >= 0.3 is 0 Å². The molecule has 5 rings (SSSR count). The van der Waals surface area contributed by atoms with Crippen LogP contribution in [0.2, 0.25) is 0 Å². The van der Waals surface area contributed by atoms with Gasteiger partial charge in [-0.05, 0) is 45.2 Å². The van der Waals surface area contributed by atoms with Crippen molar-refractivity contribution < 1.29 is 18.5 Å². The van der Waals surface area contributed by atoms with Crippen molar-refractivity contribution in [1.29, 1.82) is 0 Å². The molecular weight excluding hydrogens is 420 g/mol. The molecule has 1 unspecified atom stereocenters. The highest BCUT2D eigenvalue weighted by molar-refractivity contribution is 5.91. The Morgan fingerprint density at radius 1 is 1.06 bits per heavy atom. The summed E-state index contributed by atoms with van der Waals surface area (Å²) in [5.74, 6) is 2.89. The van der Waals surface area contributed by atoms with E-state index in [1.165, 1.54) is 5.56 Å². The van der Waals surface area contributed by atoms with E-state index in [0.717, 1.165) is 24.2 Å². The zero-order chi connectivity index (χ0) is 22.9. The molecule has 0 N–H and O–H groups in total. The Morgan fingerprint density at radius 3 is 2.52 bits per heavy atom. The van der Waals surface area contributed by atoms with E-state index in [9.17, 15) is 9.59 Å². The number of furan rings is 1. The molecule has 4 heterocycles. The van der Waals surface area contributed by atoms with Gasteiger partial charge in [-0.2, -0.15) is 4.98 Å². The molecule has 0 aliphatic carbocycles. The van der Waals surface area contributed by atoms with Crippen LogP contribution in [0.3, 0.4) is 0 Å². The van der Waals surface area contributed by atoms with Gasteiger partial charge in [0.25, 0.3) is 0 Å². The molecule has 2 aliphatic rings. The molecule has 33 heavy (non-hydrogen) atoms. The summed E-state index contributed by atoms with van der Waals surface area (Å²) in [6.07, 6.45) is 2.48. The maximum atomic E-state index is 13.3. The van der Waals surface area contributed by atoms with Crippen molar-refractivity contribution in [1.82, 2.24) is 19.9 Å². The monoisotopic (exact) mass is 448 g/mol. The first kappa shape index (κ1) is 21.4. The third-order valence-electron chi connectivity index (χ3n) is 6.64. The van der Waals surface area contributed by atoms with E-state index >= 15 is 0 Å². The van der Waals surface area contributed by atoms with E-state index in [1.807, 2.05) is 55.1 Å². The number of benzene rings is 1. The molecule has 1 atom stereocenters. The number of carbonyl (C=O) groups excluding carboxylic acids is 2. The molecule has 8 nitrogen and oxygen atoms in total. The number of aryl methyl sites for hydroxylation is 2. The van der Waals surface area contributed by atoms with Crippen molar-refractivity contribution in [2.45, 2.75) is 58.0 Å². The number of carbonyl (C=O) groups is 2. The second-order valence-corrected chi connectivity index (χ2v) is 9.01. The number of nitrogens with zero attached hydrogens (tertiary/aromatic N) is 4. The van der Waals surface area contributed by atoms with Gasteiger partial charge in [0.1, 0.15) is 17.6 Å². The number of hydrogen-bond donors (Lipinski definition) is 0. The summed E-state index contributed by atoms with van der Waals surface area (Å²) in [7, 11) is 0. The van der Waals surface area contributed by atoms with Gasteiger partial charge in [-0.1, -0.05) is 35.0 Å². The van der Waals surface area contributed by atoms with Crippen LogP contribution in [0.25, 0.3) is 11.4 Å². The second-order valence-electron chi connectivity index (χ2n) is 9.01.